The minimum atomic E-state index is -0.538. The average Bonchev–Trinajstić information content (AvgIpc) is 3.19. The molecule has 154 valence electrons. The first-order valence-electron chi connectivity index (χ1n) is 10.1. The van der Waals surface area contributed by atoms with Crippen molar-refractivity contribution in [2.24, 2.45) is 0 Å². The minimum absolute atomic E-state index is 0.265. The zero-order valence-corrected chi connectivity index (χ0v) is 18.0. The molecule has 6 heteroatoms. The Balaban J connectivity index is 1.80. The van der Waals surface area contributed by atoms with Gasteiger partial charge in [-0.15, -0.1) is 0 Å². The van der Waals surface area contributed by atoms with Gasteiger partial charge >= 0.3 is 13.1 Å². The fourth-order valence-corrected chi connectivity index (χ4v) is 3.35. The van der Waals surface area contributed by atoms with E-state index in [4.69, 9.17) is 14.0 Å². The van der Waals surface area contributed by atoms with E-state index in [2.05, 4.69) is 23.7 Å². The summed E-state index contributed by atoms with van der Waals surface area (Å²) in [7, 11) is -0.538. The van der Waals surface area contributed by atoms with Crippen LogP contribution in [0.5, 0.6) is 0 Å². The summed E-state index contributed by atoms with van der Waals surface area (Å²) >= 11 is 0. The number of rotatable bonds is 6. The number of allylic oxidation sites excluding steroid dienone is 3. The number of hydrogen-bond donors (Lipinski definition) is 1. The zero-order valence-electron chi connectivity index (χ0n) is 18.0. The third-order valence-electron chi connectivity index (χ3n) is 5.84. The molecule has 0 atom stereocenters. The minimum Gasteiger partial charge on any atom is -0.456 e. The van der Waals surface area contributed by atoms with E-state index in [-0.39, 0.29) is 6.61 Å². The number of ether oxygens (including phenoxy) is 1. The molecular formula is C23H30BNO4. The zero-order chi connectivity index (χ0) is 21.2. The summed E-state index contributed by atoms with van der Waals surface area (Å²) in [6, 6.07) is 1.75. The summed E-state index contributed by atoms with van der Waals surface area (Å²) in [5, 5.41) is 0. The average molecular weight is 395 g/mol. The summed E-state index contributed by atoms with van der Waals surface area (Å²) < 4.78 is 17.9. The van der Waals surface area contributed by atoms with E-state index < -0.39 is 24.3 Å². The lowest BCUT2D eigenvalue weighted by Crippen LogP contribution is -2.41. The summed E-state index contributed by atoms with van der Waals surface area (Å²) in [6.07, 6.45) is 11.9. The van der Waals surface area contributed by atoms with Gasteiger partial charge in [0.25, 0.3) is 0 Å². The van der Waals surface area contributed by atoms with Crippen molar-refractivity contribution in [2.75, 3.05) is 6.61 Å². The Bertz CT molecular complexity index is 873. The maximum absolute atomic E-state index is 12.6. The molecule has 1 aliphatic heterocycles. The molecule has 2 aliphatic rings. The van der Waals surface area contributed by atoms with Crippen molar-refractivity contribution >= 4 is 24.6 Å². The fourth-order valence-electron chi connectivity index (χ4n) is 3.35. The van der Waals surface area contributed by atoms with Crippen LogP contribution < -0.4 is 0 Å². The van der Waals surface area contributed by atoms with Crippen LogP contribution in [0.4, 0.5) is 0 Å². The Morgan fingerprint density at radius 3 is 2.52 bits per heavy atom. The standard InChI is InChI=1S/C23H30BNO4/c1-7-17-14-19(21(26)27-15-16-12-10-9-11-13-16)25-20(17)18(8-2)24-28-22(3,4)23(5,6)29-24/h7-8,10,12-14,25H,1,9,11,15H2,2-6H3/b18-8+. The van der Waals surface area contributed by atoms with Gasteiger partial charge in [-0.05, 0) is 64.7 Å². The van der Waals surface area contributed by atoms with Crippen molar-refractivity contribution in [1.29, 1.82) is 0 Å². The number of aromatic amines is 1. The Morgan fingerprint density at radius 2 is 1.97 bits per heavy atom. The van der Waals surface area contributed by atoms with Gasteiger partial charge in [-0.25, -0.2) is 4.79 Å². The molecule has 1 N–H and O–H groups in total. The van der Waals surface area contributed by atoms with Crippen molar-refractivity contribution in [3.63, 3.8) is 0 Å². The number of carbonyl (C=O) groups excluding carboxylic acids is 1. The molecule has 2 heterocycles. The molecule has 1 aromatic heterocycles. The van der Waals surface area contributed by atoms with Gasteiger partial charge in [0.05, 0.1) is 11.2 Å². The van der Waals surface area contributed by atoms with Gasteiger partial charge in [-0.1, -0.05) is 37.0 Å². The maximum Gasteiger partial charge on any atom is 0.496 e. The number of esters is 1. The first-order valence-corrected chi connectivity index (χ1v) is 10.1. The lowest BCUT2D eigenvalue weighted by Gasteiger charge is -2.32. The van der Waals surface area contributed by atoms with Crippen LogP contribution in [0, 0.1) is 0 Å². The van der Waals surface area contributed by atoms with Gasteiger partial charge < -0.3 is 19.0 Å². The Labute approximate surface area is 173 Å². The molecule has 0 aromatic carbocycles. The van der Waals surface area contributed by atoms with Gasteiger partial charge in [0.2, 0.25) is 0 Å². The van der Waals surface area contributed by atoms with E-state index in [1.807, 2.05) is 46.8 Å². The summed E-state index contributed by atoms with van der Waals surface area (Å²) in [5.74, 6) is -0.399. The molecule has 5 nitrogen and oxygen atoms in total. The summed E-state index contributed by atoms with van der Waals surface area (Å²) in [6.45, 7) is 14.1. The van der Waals surface area contributed by atoms with E-state index in [0.29, 0.717) is 5.69 Å². The molecule has 1 aromatic rings. The Hall–Kier alpha value is -2.31. The number of carbonyl (C=O) groups is 1. The molecule has 3 rings (SSSR count). The van der Waals surface area contributed by atoms with Crippen molar-refractivity contribution in [2.45, 2.75) is 58.7 Å². The highest BCUT2D eigenvalue weighted by molar-refractivity contribution is 6.68. The van der Waals surface area contributed by atoms with Crippen molar-refractivity contribution < 1.29 is 18.8 Å². The van der Waals surface area contributed by atoms with E-state index in [1.165, 1.54) is 0 Å². The van der Waals surface area contributed by atoms with Crippen LogP contribution in [-0.2, 0) is 14.0 Å². The topological polar surface area (TPSA) is 60.6 Å². The van der Waals surface area contributed by atoms with Crippen LogP contribution in [0.15, 0.2) is 42.5 Å². The molecule has 1 fully saturated rings. The highest BCUT2D eigenvalue weighted by atomic mass is 16.7. The van der Waals surface area contributed by atoms with Gasteiger partial charge in [-0.2, -0.15) is 0 Å². The van der Waals surface area contributed by atoms with Gasteiger partial charge in [0.1, 0.15) is 12.3 Å². The van der Waals surface area contributed by atoms with Crippen LogP contribution in [0.2, 0.25) is 0 Å². The van der Waals surface area contributed by atoms with E-state index in [0.717, 1.165) is 35.1 Å². The van der Waals surface area contributed by atoms with Crippen LogP contribution in [0.1, 0.15) is 69.2 Å². The van der Waals surface area contributed by atoms with E-state index in [1.54, 1.807) is 12.1 Å². The third kappa shape index (κ3) is 4.33. The maximum atomic E-state index is 12.6. The van der Waals surface area contributed by atoms with E-state index in [9.17, 15) is 4.79 Å². The smallest absolute Gasteiger partial charge is 0.456 e. The Morgan fingerprint density at radius 1 is 1.28 bits per heavy atom. The SMILES string of the molecule is C=Cc1cc(C(=O)OCC2=CCCC=C2)[nH]c1/C(=C\C)B1OC(C)(C)C(C)(C)O1. The summed E-state index contributed by atoms with van der Waals surface area (Å²) in [4.78, 5) is 15.8. The second-order valence-corrected chi connectivity index (χ2v) is 8.38. The molecule has 0 bridgehead atoms. The van der Waals surface area contributed by atoms with Crippen LogP contribution in [0.3, 0.4) is 0 Å². The first-order chi connectivity index (χ1) is 13.7. The normalized spacial score (nSPS) is 20.5. The first kappa shape index (κ1) is 21.4. The third-order valence-corrected chi connectivity index (χ3v) is 5.84. The molecule has 0 saturated carbocycles. The lowest BCUT2D eigenvalue weighted by atomic mass is 9.75. The van der Waals surface area contributed by atoms with Crippen molar-refractivity contribution in [3.05, 3.63) is 59.5 Å². The predicted octanol–water partition coefficient (Wildman–Crippen LogP) is 5.13. The molecule has 0 amide bonds. The highest BCUT2D eigenvalue weighted by Crippen LogP contribution is 2.41. The molecule has 1 saturated heterocycles. The predicted molar refractivity (Wildman–Crippen MR) is 117 cm³/mol. The largest absolute Gasteiger partial charge is 0.496 e. The number of H-pyrrole nitrogens is 1. The Kier molecular flexibility index (Phi) is 6.06. The van der Waals surface area contributed by atoms with Crippen LogP contribution in [-0.4, -0.2) is 35.9 Å². The van der Waals surface area contributed by atoms with Crippen LogP contribution in [0.25, 0.3) is 11.5 Å². The highest BCUT2D eigenvalue weighted by Gasteiger charge is 2.52. The molecule has 0 radical (unpaired) electrons. The molecule has 0 unspecified atom stereocenters. The van der Waals surface area contributed by atoms with Gasteiger partial charge in [0, 0.05) is 11.2 Å². The van der Waals surface area contributed by atoms with Crippen molar-refractivity contribution in [1.82, 2.24) is 4.98 Å². The monoisotopic (exact) mass is 395 g/mol. The second-order valence-electron chi connectivity index (χ2n) is 8.38. The lowest BCUT2D eigenvalue weighted by molar-refractivity contribution is 0.00578. The van der Waals surface area contributed by atoms with E-state index >= 15 is 0 Å². The quantitative estimate of drug-likeness (QED) is 0.536. The number of hydrogen-bond acceptors (Lipinski definition) is 4. The van der Waals surface area contributed by atoms with Crippen LogP contribution >= 0.6 is 0 Å². The van der Waals surface area contributed by atoms with Gasteiger partial charge in [0.15, 0.2) is 0 Å². The molecule has 1 aliphatic carbocycles. The number of nitrogens with one attached hydrogen (secondary N) is 1. The van der Waals surface area contributed by atoms with Gasteiger partial charge in [-0.3, -0.25) is 0 Å². The molecular weight excluding hydrogens is 365 g/mol. The van der Waals surface area contributed by atoms with Crippen molar-refractivity contribution in [3.8, 4) is 0 Å². The number of aromatic nitrogens is 1. The molecule has 0 spiro atoms. The fraction of sp³-hybridized carbons (Fsp3) is 0.435. The molecule has 29 heavy (non-hydrogen) atoms. The summed E-state index contributed by atoms with van der Waals surface area (Å²) in [5.41, 5.74) is 2.89. The second kappa shape index (κ2) is 8.21.